The third kappa shape index (κ3) is 5.15. The van der Waals surface area contributed by atoms with Crippen molar-refractivity contribution < 1.29 is 9.59 Å². The summed E-state index contributed by atoms with van der Waals surface area (Å²) in [7, 11) is 2.13. The van der Waals surface area contributed by atoms with Gasteiger partial charge in [0, 0.05) is 63.5 Å². The minimum Gasteiger partial charge on any atom is -0.381 e. The topological polar surface area (TPSA) is 148 Å². The Morgan fingerprint density at radius 3 is 2.47 bits per heavy atom. The maximum Gasteiger partial charge on any atom is 0.252 e. The van der Waals surface area contributed by atoms with Gasteiger partial charge < -0.3 is 26.6 Å². The number of likely N-dealkylation sites (N-methyl/N-ethyl adjacent to an activating group) is 1. The monoisotopic (exact) mass is 463 g/mol. The fourth-order valence-electron chi connectivity index (χ4n) is 3.87. The van der Waals surface area contributed by atoms with E-state index in [0.717, 1.165) is 31.7 Å². The van der Waals surface area contributed by atoms with Gasteiger partial charge >= 0.3 is 0 Å². The second-order valence-corrected chi connectivity index (χ2v) is 8.33. The van der Waals surface area contributed by atoms with Crippen LogP contribution in [-0.4, -0.2) is 76.2 Å². The lowest BCUT2D eigenvalue weighted by atomic mass is 10.1. The highest BCUT2D eigenvalue weighted by Gasteiger charge is 2.18. The molecular weight excluding hydrogens is 434 g/mol. The van der Waals surface area contributed by atoms with E-state index < -0.39 is 5.91 Å². The second kappa shape index (κ2) is 9.87. The van der Waals surface area contributed by atoms with Crippen LogP contribution in [0.2, 0.25) is 0 Å². The number of carbonyl (C=O) groups is 2. The first-order valence-electron chi connectivity index (χ1n) is 11.1. The number of amides is 2. The molecule has 34 heavy (non-hydrogen) atoms. The quantitative estimate of drug-likeness (QED) is 0.457. The van der Waals surface area contributed by atoms with Crippen molar-refractivity contribution in [1.82, 2.24) is 30.0 Å². The molecule has 0 unspecified atom stereocenters. The minimum atomic E-state index is -0.619. The zero-order chi connectivity index (χ0) is 24.2. The fourth-order valence-corrected chi connectivity index (χ4v) is 3.87. The average molecular weight is 464 g/mol. The highest BCUT2D eigenvalue weighted by Crippen LogP contribution is 2.25. The lowest BCUT2D eigenvalue weighted by Gasteiger charge is -2.34. The van der Waals surface area contributed by atoms with Crippen LogP contribution in [0.5, 0.6) is 0 Å². The van der Waals surface area contributed by atoms with E-state index >= 15 is 0 Å². The number of nitrogen functional groups attached to an aromatic ring is 1. The first-order valence-corrected chi connectivity index (χ1v) is 11.1. The molecule has 2 aromatic heterocycles. The predicted octanol–water partition coefficient (Wildman–Crippen LogP) is 0.441. The van der Waals surface area contributed by atoms with Crippen LogP contribution in [0.3, 0.4) is 0 Å². The van der Waals surface area contributed by atoms with Crippen molar-refractivity contribution >= 4 is 23.3 Å². The molecule has 0 bridgehead atoms. The molecule has 1 fully saturated rings. The number of nitrogens with zero attached hydrogens (tertiary/aromatic N) is 6. The molecule has 3 heterocycles. The molecule has 1 aromatic carbocycles. The summed E-state index contributed by atoms with van der Waals surface area (Å²) in [6.45, 7) is 5.82. The largest absolute Gasteiger partial charge is 0.381 e. The molecule has 1 aliphatic heterocycles. The number of primary amides is 1. The van der Waals surface area contributed by atoms with Crippen molar-refractivity contribution in [3.8, 4) is 17.1 Å². The van der Waals surface area contributed by atoms with Crippen LogP contribution in [0.4, 0.5) is 11.5 Å². The van der Waals surface area contributed by atoms with Crippen LogP contribution in [0.15, 0.2) is 36.7 Å². The maximum absolute atomic E-state index is 11.9. The smallest absolute Gasteiger partial charge is 0.252 e. The Morgan fingerprint density at radius 2 is 1.82 bits per heavy atom. The summed E-state index contributed by atoms with van der Waals surface area (Å²) in [6, 6.07) is 8.18. The Hall–Kier alpha value is -3.99. The average Bonchev–Trinajstić information content (AvgIpc) is 3.24. The van der Waals surface area contributed by atoms with Gasteiger partial charge in [-0.1, -0.05) is 12.1 Å². The van der Waals surface area contributed by atoms with E-state index in [-0.39, 0.29) is 17.3 Å². The zero-order valence-corrected chi connectivity index (χ0v) is 19.4. The Kier molecular flexibility index (Phi) is 6.73. The Balaban J connectivity index is 1.59. The van der Waals surface area contributed by atoms with Gasteiger partial charge in [-0.05, 0) is 19.2 Å². The Labute approximate surface area is 197 Å². The summed E-state index contributed by atoms with van der Waals surface area (Å²) >= 11 is 0. The van der Waals surface area contributed by atoms with Crippen molar-refractivity contribution in [1.29, 1.82) is 0 Å². The SMILES string of the molecule is CC(=O)NCCc1nn(-c2nc(-c3ccc(N4CCN(C)CC4)cc3)cnc2N)cc1C(N)=O. The van der Waals surface area contributed by atoms with E-state index in [1.807, 2.05) is 12.1 Å². The Morgan fingerprint density at radius 1 is 1.12 bits per heavy atom. The number of hydrogen-bond acceptors (Lipinski definition) is 8. The number of anilines is 2. The van der Waals surface area contributed by atoms with E-state index in [2.05, 4.69) is 49.4 Å². The van der Waals surface area contributed by atoms with E-state index in [9.17, 15) is 9.59 Å². The number of nitrogens with two attached hydrogens (primary N) is 2. The molecule has 0 aliphatic carbocycles. The highest BCUT2D eigenvalue weighted by molar-refractivity contribution is 5.93. The summed E-state index contributed by atoms with van der Waals surface area (Å²) < 4.78 is 1.41. The molecule has 0 spiro atoms. The fraction of sp³-hybridized carbons (Fsp3) is 0.348. The molecule has 2 amide bonds. The molecule has 0 saturated carbocycles. The molecule has 11 nitrogen and oxygen atoms in total. The molecular formula is C23H29N9O2. The molecule has 0 radical (unpaired) electrons. The van der Waals surface area contributed by atoms with Crippen molar-refractivity contribution in [3.63, 3.8) is 0 Å². The van der Waals surface area contributed by atoms with Crippen molar-refractivity contribution in [2.24, 2.45) is 5.73 Å². The standard InChI is InChI=1S/C23H29N9O2/c1-15(33)26-8-7-19-18(22(25)34)14-32(29-19)23-21(24)27-13-20(28-23)16-3-5-17(6-4-16)31-11-9-30(2)10-12-31/h3-6,13-14H,7-12H2,1-2H3,(H2,24,27)(H2,25,34)(H,26,33). The molecule has 178 valence electrons. The van der Waals surface area contributed by atoms with Gasteiger partial charge in [-0.3, -0.25) is 9.59 Å². The normalized spacial score (nSPS) is 14.2. The van der Waals surface area contributed by atoms with E-state index in [1.54, 1.807) is 6.20 Å². The summed E-state index contributed by atoms with van der Waals surface area (Å²) in [5, 5.41) is 7.13. The van der Waals surface area contributed by atoms with Gasteiger partial charge in [0.25, 0.3) is 5.91 Å². The van der Waals surface area contributed by atoms with Gasteiger partial charge in [0.2, 0.25) is 5.91 Å². The number of benzene rings is 1. The van der Waals surface area contributed by atoms with Gasteiger partial charge in [0.05, 0.1) is 23.1 Å². The third-order valence-corrected chi connectivity index (χ3v) is 5.82. The van der Waals surface area contributed by atoms with Crippen LogP contribution < -0.4 is 21.7 Å². The third-order valence-electron chi connectivity index (χ3n) is 5.82. The van der Waals surface area contributed by atoms with Gasteiger partial charge in [-0.2, -0.15) is 5.10 Å². The van der Waals surface area contributed by atoms with Gasteiger partial charge in [0.15, 0.2) is 11.6 Å². The lowest BCUT2D eigenvalue weighted by Crippen LogP contribution is -2.44. The minimum absolute atomic E-state index is 0.165. The number of hydrogen-bond donors (Lipinski definition) is 3. The molecule has 0 atom stereocenters. The molecule has 3 aromatic rings. The number of piperazine rings is 1. The van der Waals surface area contributed by atoms with Crippen molar-refractivity contribution in [3.05, 3.63) is 47.9 Å². The van der Waals surface area contributed by atoms with Gasteiger partial charge in [-0.15, -0.1) is 0 Å². The van der Waals surface area contributed by atoms with Crippen LogP contribution in [0, 0.1) is 0 Å². The maximum atomic E-state index is 11.9. The number of aromatic nitrogens is 4. The van der Waals surface area contributed by atoms with Crippen LogP contribution in [0.1, 0.15) is 23.0 Å². The van der Waals surface area contributed by atoms with Gasteiger partial charge in [-0.25, -0.2) is 14.6 Å². The summed E-state index contributed by atoms with van der Waals surface area (Å²) in [6.07, 6.45) is 3.44. The number of carbonyl (C=O) groups excluding carboxylic acids is 2. The Bertz CT molecular complexity index is 1180. The molecule has 1 aliphatic rings. The zero-order valence-electron chi connectivity index (χ0n) is 19.4. The van der Waals surface area contributed by atoms with E-state index in [1.165, 1.54) is 23.5 Å². The van der Waals surface area contributed by atoms with Crippen LogP contribution in [0.25, 0.3) is 17.1 Å². The van der Waals surface area contributed by atoms with Gasteiger partial charge in [0.1, 0.15) is 0 Å². The summed E-state index contributed by atoms with van der Waals surface area (Å²) in [4.78, 5) is 36.7. The summed E-state index contributed by atoms with van der Waals surface area (Å²) in [5.74, 6) is -0.313. The highest BCUT2D eigenvalue weighted by atomic mass is 16.1. The second-order valence-electron chi connectivity index (χ2n) is 8.33. The molecule has 5 N–H and O–H groups in total. The molecule has 4 rings (SSSR count). The molecule has 11 heteroatoms. The van der Waals surface area contributed by atoms with Crippen LogP contribution in [-0.2, 0) is 11.2 Å². The number of rotatable bonds is 7. The lowest BCUT2D eigenvalue weighted by molar-refractivity contribution is -0.118. The molecule has 1 saturated heterocycles. The van der Waals surface area contributed by atoms with Crippen molar-refractivity contribution in [2.75, 3.05) is 50.4 Å². The number of nitrogens with one attached hydrogen (secondary N) is 1. The first-order chi connectivity index (χ1) is 16.3. The summed E-state index contributed by atoms with van der Waals surface area (Å²) in [5.41, 5.74) is 15.0. The van der Waals surface area contributed by atoms with E-state index in [4.69, 9.17) is 11.5 Å². The van der Waals surface area contributed by atoms with Crippen molar-refractivity contribution in [2.45, 2.75) is 13.3 Å². The first kappa shape index (κ1) is 23.2. The van der Waals surface area contributed by atoms with E-state index in [0.29, 0.717) is 30.2 Å². The van der Waals surface area contributed by atoms with Crippen LogP contribution >= 0.6 is 0 Å². The predicted molar refractivity (Wildman–Crippen MR) is 130 cm³/mol.